The van der Waals surface area contributed by atoms with E-state index < -0.39 is 6.04 Å². The summed E-state index contributed by atoms with van der Waals surface area (Å²) in [4.78, 5) is 25.1. The second-order valence-electron chi connectivity index (χ2n) is 6.92. The second kappa shape index (κ2) is 7.98. The van der Waals surface area contributed by atoms with Crippen LogP contribution in [0.5, 0.6) is 0 Å². The number of halogens is 1. The van der Waals surface area contributed by atoms with Crippen molar-refractivity contribution < 1.29 is 4.79 Å². The number of nitrogens with one attached hydrogen (secondary N) is 1. The number of carbonyl (C=O) groups is 1. The minimum atomic E-state index is -0.780. The third kappa shape index (κ3) is 4.15. The lowest BCUT2D eigenvalue weighted by atomic mass is 10.0. The van der Waals surface area contributed by atoms with E-state index in [1.54, 1.807) is 25.1 Å². The van der Waals surface area contributed by atoms with Gasteiger partial charge in [-0.05, 0) is 68.7 Å². The van der Waals surface area contributed by atoms with Crippen LogP contribution in [0.3, 0.4) is 0 Å². The van der Waals surface area contributed by atoms with E-state index in [-0.39, 0.29) is 11.5 Å². The summed E-state index contributed by atoms with van der Waals surface area (Å²) < 4.78 is 1.21. The maximum Gasteiger partial charge on any atom is 0.267 e. The Kier molecular flexibility index (Phi) is 5.66. The third-order valence-corrected chi connectivity index (χ3v) is 5.07. The van der Waals surface area contributed by atoms with Crippen molar-refractivity contribution in [3.8, 4) is 11.3 Å². The summed E-state index contributed by atoms with van der Waals surface area (Å²) in [6.07, 6.45) is 0. The SMILES string of the molecule is Cc1ccc(-c2ccc(=O)n([C@@H](C)C(=O)Nc3cc(Cl)ccc3C)n2)cc1C. The van der Waals surface area contributed by atoms with E-state index in [1.807, 2.05) is 45.0 Å². The molecule has 1 atom stereocenters. The Balaban J connectivity index is 1.91. The topological polar surface area (TPSA) is 64.0 Å². The van der Waals surface area contributed by atoms with Gasteiger partial charge in [0, 0.05) is 22.3 Å². The fourth-order valence-electron chi connectivity index (χ4n) is 2.83. The van der Waals surface area contributed by atoms with Gasteiger partial charge in [-0.3, -0.25) is 9.59 Å². The van der Waals surface area contributed by atoms with Crippen LogP contribution in [0, 0.1) is 20.8 Å². The van der Waals surface area contributed by atoms with Crippen LogP contribution in [-0.2, 0) is 4.79 Å². The van der Waals surface area contributed by atoms with Gasteiger partial charge in [-0.1, -0.05) is 29.8 Å². The van der Waals surface area contributed by atoms with Gasteiger partial charge < -0.3 is 5.32 Å². The van der Waals surface area contributed by atoms with Gasteiger partial charge in [0.1, 0.15) is 6.04 Å². The number of benzene rings is 2. The van der Waals surface area contributed by atoms with Crippen molar-refractivity contribution in [2.45, 2.75) is 33.7 Å². The molecule has 0 saturated heterocycles. The third-order valence-electron chi connectivity index (χ3n) is 4.83. The molecule has 0 fully saturated rings. The van der Waals surface area contributed by atoms with Crippen LogP contribution in [0.4, 0.5) is 5.69 Å². The van der Waals surface area contributed by atoms with E-state index in [2.05, 4.69) is 10.4 Å². The zero-order chi connectivity index (χ0) is 20.4. The standard InChI is InChI=1S/C22H22ClN3O2/c1-13-5-7-17(11-15(13)3)19-9-10-21(27)26(25-19)16(4)22(28)24-20-12-18(23)8-6-14(20)2/h5-12,16H,1-4H3,(H,24,28)/t16-/m0/s1. The number of hydrogen-bond donors (Lipinski definition) is 1. The van der Waals surface area contributed by atoms with Crippen LogP contribution >= 0.6 is 11.6 Å². The highest BCUT2D eigenvalue weighted by Crippen LogP contribution is 2.22. The molecule has 6 heteroatoms. The number of aryl methyl sites for hydroxylation is 3. The van der Waals surface area contributed by atoms with Gasteiger partial charge in [-0.2, -0.15) is 5.10 Å². The fraction of sp³-hybridized carbons (Fsp3) is 0.227. The molecule has 1 amide bonds. The van der Waals surface area contributed by atoms with E-state index >= 15 is 0 Å². The van der Waals surface area contributed by atoms with Gasteiger partial charge in [0.2, 0.25) is 5.91 Å². The molecule has 28 heavy (non-hydrogen) atoms. The van der Waals surface area contributed by atoms with Gasteiger partial charge in [0.25, 0.3) is 5.56 Å². The molecule has 3 aromatic rings. The van der Waals surface area contributed by atoms with Crippen molar-refractivity contribution >= 4 is 23.2 Å². The van der Waals surface area contributed by atoms with E-state index in [4.69, 9.17) is 11.6 Å². The molecule has 3 rings (SSSR count). The second-order valence-corrected chi connectivity index (χ2v) is 7.36. The van der Waals surface area contributed by atoms with Gasteiger partial charge in [0.05, 0.1) is 5.69 Å². The largest absolute Gasteiger partial charge is 0.324 e. The molecule has 1 heterocycles. The minimum Gasteiger partial charge on any atom is -0.324 e. The average molecular weight is 396 g/mol. The van der Waals surface area contributed by atoms with Crippen molar-refractivity contribution in [1.29, 1.82) is 0 Å². The maximum atomic E-state index is 12.7. The molecule has 144 valence electrons. The Morgan fingerprint density at radius 2 is 1.71 bits per heavy atom. The molecule has 0 aliphatic carbocycles. The van der Waals surface area contributed by atoms with E-state index in [0.29, 0.717) is 16.4 Å². The number of rotatable bonds is 4. The highest BCUT2D eigenvalue weighted by molar-refractivity contribution is 6.31. The van der Waals surface area contributed by atoms with Crippen molar-refractivity contribution in [1.82, 2.24) is 9.78 Å². The zero-order valence-electron chi connectivity index (χ0n) is 16.3. The monoisotopic (exact) mass is 395 g/mol. The lowest BCUT2D eigenvalue weighted by Gasteiger charge is -2.16. The number of anilines is 1. The van der Waals surface area contributed by atoms with Gasteiger partial charge >= 0.3 is 0 Å². The number of amides is 1. The van der Waals surface area contributed by atoms with E-state index in [9.17, 15) is 9.59 Å². The number of nitrogens with zero attached hydrogens (tertiary/aromatic N) is 2. The summed E-state index contributed by atoms with van der Waals surface area (Å²) in [5.74, 6) is -0.336. The summed E-state index contributed by atoms with van der Waals surface area (Å²) in [5, 5.41) is 7.79. The maximum absolute atomic E-state index is 12.7. The summed E-state index contributed by atoms with van der Waals surface area (Å²) in [7, 11) is 0. The lowest BCUT2D eigenvalue weighted by Crippen LogP contribution is -2.33. The number of hydrogen-bond acceptors (Lipinski definition) is 3. The van der Waals surface area contributed by atoms with Crippen LogP contribution in [0.15, 0.2) is 53.3 Å². The molecule has 1 aromatic heterocycles. The summed E-state index contributed by atoms with van der Waals surface area (Å²) >= 11 is 6.02. The molecule has 0 radical (unpaired) electrons. The highest BCUT2D eigenvalue weighted by Gasteiger charge is 2.19. The molecule has 0 unspecified atom stereocenters. The van der Waals surface area contributed by atoms with Gasteiger partial charge in [-0.15, -0.1) is 0 Å². The molecule has 0 aliphatic heterocycles. The molecular weight excluding hydrogens is 374 g/mol. The first-order valence-electron chi connectivity index (χ1n) is 9.01. The van der Waals surface area contributed by atoms with Gasteiger partial charge in [-0.25, -0.2) is 4.68 Å². The van der Waals surface area contributed by atoms with Crippen molar-refractivity contribution in [3.05, 3.63) is 80.6 Å². The fourth-order valence-corrected chi connectivity index (χ4v) is 3.01. The normalized spacial score (nSPS) is 11.9. The van der Waals surface area contributed by atoms with Gasteiger partial charge in [0.15, 0.2) is 0 Å². The predicted octanol–water partition coefficient (Wildman–Crippen LogP) is 4.69. The zero-order valence-corrected chi connectivity index (χ0v) is 17.0. The molecule has 0 saturated carbocycles. The van der Waals surface area contributed by atoms with E-state index in [1.165, 1.54) is 16.3 Å². The van der Waals surface area contributed by atoms with Crippen LogP contribution < -0.4 is 10.9 Å². The Hall–Kier alpha value is -2.92. The molecule has 2 aromatic carbocycles. The molecule has 0 aliphatic rings. The minimum absolute atomic E-state index is 0.335. The quantitative estimate of drug-likeness (QED) is 0.697. The molecule has 5 nitrogen and oxygen atoms in total. The Bertz CT molecular complexity index is 1110. The van der Waals surface area contributed by atoms with Crippen LogP contribution in [0.25, 0.3) is 11.3 Å². The lowest BCUT2D eigenvalue weighted by molar-refractivity contribution is -0.119. The highest BCUT2D eigenvalue weighted by atomic mass is 35.5. The summed E-state index contributed by atoms with van der Waals surface area (Å²) in [6.45, 7) is 7.59. The summed E-state index contributed by atoms with van der Waals surface area (Å²) in [6, 6.07) is 13.6. The molecule has 1 N–H and O–H groups in total. The number of aromatic nitrogens is 2. The smallest absolute Gasteiger partial charge is 0.267 e. The Morgan fingerprint density at radius 1 is 1.00 bits per heavy atom. The van der Waals surface area contributed by atoms with Crippen molar-refractivity contribution in [2.24, 2.45) is 0 Å². The Morgan fingerprint density at radius 3 is 2.43 bits per heavy atom. The van der Waals surface area contributed by atoms with E-state index in [0.717, 1.165) is 16.7 Å². The van der Waals surface area contributed by atoms with Crippen molar-refractivity contribution in [2.75, 3.05) is 5.32 Å². The predicted molar refractivity (Wildman–Crippen MR) is 113 cm³/mol. The van der Waals surface area contributed by atoms with Crippen LogP contribution in [0.2, 0.25) is 5.02 Å². The van der Waals surface area contributed by atoms with Crippen molar-refractivity contribution in [3.63, 3.8) is 0 Å². The Labute approximate surface area is 169 Å². The molecule has 0 bridgehead atoms. The first kappa shape index (κ1) is 19.8. The average Bonchev–Trinajstić information content (AvgIpc) is 2.66. The molecular formula is C22H22ClN3O2. The first-order chi connectivity index (χ1) is 13.3. The van der Waals surface area contributed by atoms with Crippen LogP contribution in [0.1, 0.15) is 29.7 Å². The summed E-state index contributed by atoms with van der Waals surface area (Å²) in [5.41, 5.74) is 5.02. The first-order valence-corrected chi connectivity index (χ1v) is 9.38. The van der Waals surface area contributed by atoms with Crippen LogP contribution in [-0.4, -0.2) is 15.7 Å². The number of carbonyl (C=O) groups excluding carboxylic acids is 1. The molecule has 0 spiro atoms.